The average molecular weight is 298 g/mol. The van der Waals surface area contributed by atoms with E-state index >= 15 is 0 Å². The van der Waals surface area contributed by atoms with Gasteiger partial charge in [-0.1, -0.05) is 28.1 Å². The summed E-state index contributed by atoms with van der Waals surface area (Å²) in [4.78, 5) is 0. The molecule has 0 bridgehead atoms. The van der Waals surface area contributed by atoms with Crippen LogP contribution in [0.2, 0.25) is 0 Å². The molecule has 1 unspecified atom stereocenters. The fourth-order valence-electron chi connectivity index (χ4n) is 1.07. The van der Waals surface area contributed by atoms with E-state index in [4.69, 9.17) is 5.11 Å². The third kappa shape index (κ3) is 4.51. The molecule has 0 fully saturated rings. The summed E-state index contributed by atoms with van der Waals surface area (Å²) in [5, 5.41) is 11.3. The van der Waals surface area contributed by atoms with Crippen molar-refractivity contribution in [3.8, 4) is 0 Å². The number of aliphatic hydroxyl groups is 1. The standard InChI is InChI=1S/C10H11BrF3NO/c11-8-3-1-7(2-4-8)5-15-6-9(16)10(12,13)14/h1-4,9,15-16H,5-6H2. The minimum atomic E-state index is -4.56. The largest absolute Gasteiger partial charge is 0.415 e. The molecular weight excluding hydrogens is 287 g/mol. The van der Waals surface area contributed by atoms with Gasteiger partial charge in [0.15, 0.2) is 6.10 Å². The Labute approximate surface area is 99.6 Å². The molecule has 0 aliphatic carbocycles. The molecule has 16 heavy (non-hydrogen) atoms. The second-order valence-electron chi connectivity index (χ2n) is 3.31. The van der Waals surface area contributed by atoms with Crippen molar-refractivity contribution >= 4 is 15.9 Å². The molecule has 1 atom stereocenters. The maximum Gasteiger partial charge on any atom is 0.415 e. The zero-order valence-electron chi connectivity index (χ0n) is 8.26. The molecule has 2 N–H and O–H groups in total. The lowest BCUT2D eigenvalue weighted by Gasteiger charge is -2.14. The van der Waals surface area contributed by atoms with Crippen LogP contribution >= 0.6 is 15.9 Å². The van der Waals surface area contributed by atoms with Crippen molar-refractivity contribution in [2.45, 2.75) is 18.8 Å². The van der Waals surface area contributed by atoms with Crippen molar-refractivity contribution in [3.05, 3.63) is 34.3 Å². The van der Waals surface area contributed by atoms with Crippen molar-refractivity contribution in [3.63, 3.8) is 0 Å². The highest BCUT2D eigenvalue weighted by atomic mass is 79.9. The summed E-state index contributed by atoms with van der Waals surface area (Å²) in [6.45, 7) is -0.208. The van der Waals surface area contributed by atoms with E-state index in [1.165, 1.54) is 0 Å². The lowest BCUT2D eigenvalue weighted by Crippen LogP contribution is -2.38. The Morgan fingerprint density at radius 1 is 1.25 bits per heavy atom. The molecule has 0 aromatic heterocycles. The highest BCUT2D eigenvalue weighted by Crippen LogP contribution is 2.19. The highest BCUT2D eigenvalue weighted by molar-refractivity contribution is 9.10. The van der Waals surface area contributed by atoms with Gasteiger partial charge in [0.25, 0.3) is 0 Å². The molecule has 2 nitrogen and oxygen atoms in total. The normalized spacial score (nSPS) is 13.8. The molecule has 0 aliphatic heterocycles. The van der Waals surface area contributed by atoms with Crippen molar-refractivity contribution in [2.75, 3.05) is 6.54 Å². The maximum absolute atomic E-state index is 11.9. The first-order valence-corrected chi connectivity index (χ1v) is 5.39. The van der Waals surface area contributed by atoms with Crippen LogP contribution in [-0.4, -0.2) is 23.9 Å². The van der Waals surface area contributed by atoms with E-state index in [1.54, 1.807) is 24.3 Å². The molecule has 6 heteroatoms. The minimum Gasteiger partial charge on any atom is -0.382 e. The summed E-state index contributed by atoms with van der Waals surface area (Å²) in [5.74, 6) is 0. The Bertz CT molecular complexity index is 326. The zero-order chi connectivity index (χ0) is 12.2. The second kappa shape index (κ2) is 5.65. The number of rotatable bonds is 4. The van der Waals surface area contributed by atoms with Gasteiger partial charge in [-0.05, 0) is 17.7 Å². The van der Waals surface area contributed by atoms with E-state index in [0.717, 1.165) is 10.0 Å². The molecule has 0 amide bonds. The predicted molar refractivity (Wildman–Crippen MR) is 57.9 cm³/mol. The third-order valence-corrected chi connectivity index (χ3v) is 2.49. The summed E-state index contributed by atoms with van der Waals surface area (Å²) in [5.41, 5.74) is 0.859. The number of alkyl halides is 3. The molecule has 0 aliphatic rings. The van der Waals surface area contributed by atoms with E-state index in [-0.39, 0.29) is 0 Å². The van der Waals surface area contributed by atoms with E-state index in [9.17, 15) is 13.2 Å². The summed E-state index contributed by atoms with van der Waals surface area (Å²) in [6.07, 6.45) is -6.88. The molecule has 0 saturated carbocycles. The van der Waals surface area contributed by atoms with Gasteiger partial charge in [0.05, 0.1) is 0 Å². The smallest absolute Gasteiger partial charge is 0.382 e. The Hall–Kier alpha value is -0.590. The highest BCUT2D eigenvalue weighted by Gasteiger charge is 2.37. The molecule has 0 radical (unpaired) electrons. The molecule has 1 aromatic rings. The summed E-state index contributed by atoms with van der Waals surface area (Å²) in [6, 6.07) is 7.18. The van der Waals surface area contributed by atoms with Crippen molar-refractivity contribution in [1.82, 2.24) is 5.32 Å². The van der Waals surface area contributed by atoms with Crippen LogP contribution in [0.25, 0.3) is 0 Å². The molecule has 0 spiro atoms. The Kier molecular flexibility index (Phi) is 4.76. The molecule has 0 saturated heterocycles. The van der Waals surface area contributed by atoms with Gasteiger partial charge >= 0.3 is 6.18 Å². The summed E-state index contributed by atoms with van der Waals surface area (Å²) >= 11 is 3.25. The van der Waals surface area contributed by atoms with Gasteiger partial charge < -0.3 is 10.4 Å². The van der Waals surface area contributed by atoms with Crippen LogP contribution in [0, 0.1) is 0 Å². The Morgan fingerprint density at radius 3 is 2.31 bits per heavy atom. The lowest BCUT2D eigenvalue weighted by molar-refractivity contribution is -0.201. The average Bonchev–Trinajstić information content (AvgIpc) is 2.19. The van der Waals surface area contributed by atoms with Gasteiger partial charge in [-0.2, -0.15) is 13.2 Å². The monoisotopic (exact) mass is 297 g/mol. The van der Waals surface area contributed by atoms with Crippen LogP contribution in [0.5, 0.6) is 0 Å². The van der Waals surface area contributed by atoms with Gasteiger partial charge in [-0.3, -0.25) is 0 Å². The molecule has 1 aromatic carbocycles. The number of hydrogen-bond donors (Lipinski definition) is 2. The quantitative estimate of drug-likeness (QED) is 0.895. The molecular formula is C10H11BrF3NO. The summed E-state index contributed by atoms with van der Waals surface area (Å²) < 4.78 is 36.7. The van der Waals surface area contributed by atoms with Crippen molar-refractivity contribution in [1.29, 1.82) is 0 Å². The number of hydrogen-bond acceptors (Lipinski definition) is 2. The van der Waals surface area contributed by atoms with Crippen LogP contribution in [0.4, 0.5) is 13.2 Å². The maximum atomic E-state index is 11.9. The van der Waals surface area contributed by atoms with Crippen LogP contribution in [0.1, 0.15) is 5.56 Å². The zero-order valence-corrected chi connectivity index (χ0v) is 9.85. The lowest BCUT2D eigenvalue weighted by atomic mass is 10.2. The third-order valence-electron chi connectivity index (χ3n) is 1.96. The Balaban J connectivity index is 2.33. The van der Waals surface area contributed by atoms with Crippen molar-refractivity contribution in [2.24, 2.45) is 0 Å². The number of aliphatic hydroxyl groups excluding tert-OH is 1. The SMILES string of the molecule is OC(CNCc1ccc(Br)cc1)C(F)(F)F. The van der Waals surface area contributed by atoms with E-state index in [2.05, 4.69) is 21.2 Å². The Morgan fingerprint density at radius 2 is 1.81 bits per heavy atom. The topological polar surface area (TPSA) is 32.3 Å². The molecule has 1 rings (SSSR count). The number of benzene rings is 1. The van der Waals surface area contributed by atoms with Crippen LogP contribution < -0.4 is 5.32 Å². The van der Waals surface area contributed by atoms with Crippen LogP contribution in [0.15, 0.2) is 28.7 Å². The first-order valence-electron chi connectivity index (χ1n) is 4.59. The summed E-state index contributed by atoms with van der Waals surface area (Å²) in [7, 11) is 0. The fourth-order valence-corrected chi connectivity index (χ4v) is 1.34. The van der Waals surface area contributed by atoms with Crippen LogP contribution in [-0.2, 0) is 6.54 Å². The molecule has 90 valence electrons. The number of halogens is 4. The molecule has 0 heterocycles. The first kappa shape index (κ1) is 13.5. The fraction of sp³-hybridized carbons (Fsp3) is 0.400. The second-order valence-corrected chi connectivity index (χ2v) is 4.23. The van der Waals surface area contributed by atoms with Crippen molar-refractivity contribution < 1.29 is 18.3 Å². The predicted octanol–water partition coefficient (Wildman–Crippen LogP) is 2.46. The van der Waals surface area contributed by atoms with Gasteiger partial charge in [0.2, 0.25) is 0 Å². The minimum absolute atomic E-state index is 0.292. The van der Waals surface area contributed by atoms with E-state index in [0.29, 0.717) is 6.54 Å². The van der Waals surface area contributed by atoms with E-state index in [1.807, 2.05) is 0 Å². The van der Waals surface area contributed by atoms with Gasteiger partial charge in [0.1, 0.15) is 0 Å². The van der Waals surface area contributed by atoms with E-state index < -0.39 is 18.8 Å². The van der Waals surface area contributed by atoms with Gasteiger partial charge in [0, 0.05) is 17.6 Å². The van der Waals surface area contributed by atoms with Crippen LogP contribution in [0.3, 0.4) is 0 Å². The van der Waals surface area contributed by atoms with Gasteiger partial charge in [-0.15, -0.1) is 0 Å². The van der Waals surface area contributed by atoms with Gasteiger partial charge in [-0.25, -0.2) is 0 Å². The number of nitrogens with one attached hydrogen (secondary N) is 1. The first-order chi connectivity index (χ1) is 7.39.